The quantitative estimate of drug-likeness (QED) is 0.455. The Labute approximate surface area is 159 Å². The molecule has 0 radical (unpaired) electrons. The standard InChI is InChI=1S/C25H22F2/c1-4-18-15-24(26)23(25(27)16-18)14-7-19-5-8-21(9-6-19)22-12-10-20(11-13-22)17(2)3/h5-6,8-13,15-17H,4H2,1-3H3. The van der Waals surface area contributed by atoms with Crippen molar-refractivity contribution in [2.75, 3.05) is 0 Å². The number of rotatable bonds is 3. The van der Waals surface area contributed by atoms with Gasteiger partial charge in [-0.2, -0.15) is 0 Å². The topological polar surface area (TPSA) is 0 Å². The van der Waals surface area contributed by atoms with Crippen LogP contribution in [0.2, 0.25) is 0 Å². The summed E-state index contributed by atoms with van der Waals surface area (Å²) in [5.41, 5.74) is 4.69. The lowest BCUT2D eigenvalue weighted by molar-refractivity contribution is 0.574. The third kappa shape index (κ3) is 4.44. The lowest BCUT2D eigenvalue weighted by Crippen LogP contribution is -1.93. The van der Waals surface area contributed by atoms with E-state index in [1.54, 1.807) is 0 Å². The number of halogens is 2. The first kappa shape index (κ1) is 18.9. The van der Waals surface area contributed by atoms with E-state index in [0.717, 1.165) is 16.7 Å². The van der Waals surface area contributed by atoms with E-state index < -0.39 is 11.6 Å². The maximum absolute atomic E-state index is 14.0. The largest absolute Gasteiger partial charge is 0.206 e. The average molecular weight is 360 g/mol. The van der Waals surface area contributed by atoms with Crippen molar-refractivity contribution in [3.63, 3.8) is 0 Å². The lowest BCUT2D eigenvalue weighted by atomic mass is 9.98. The third-order valence-electron chi connectivity index (χ3n) is 4.64. The minimum Gasteiger partial charge on any atom is -0.206 e. The molecule has 0 nitrogen and oxygen atoms in total. The molecule has 2 heteroatoms. The van der Waals surface area contributed by atoms with E-state index in [0.29, 0.717) is 17.9 Å². The summed E-state index contributed by atoms with van der Waals surface area (Å²) >= 11 is 0. The van der Waals surface area contributed by atoms with Crippen LogP contribution in [0.3, 0.4) is 0 Å². The maximum atomic E-state index is 14.0. The summed E-state index contributed by atoms with van der Waals surface area (Å²) in [7, 11) is 0. The summed E-state index contributed by atoms with van der Waals surface area (Å²) < 4.78 is 28.1. The molecular weight excluding hydrogens is 338 g/mol. The van der Waals surface area contributed by atoms with Crippen molar-refractivity contribution < 1.29 is 8.78 Å². The van der Waals surface area contributed by atoms with Crippen LogP contribution in [0.15, 0.2) is 60.7 Å². The van der Waals surface area contributed by atoms with Gasteiger partial charge in [-0.25, -0.2) is 8.78 Å². The molecule has 3 rings (SSSR count). The third-order valence-corrected chi connectivity index (χ3v) is 4.64. The van der Waals surface area contributed by atoms with Gasteiger partial charge in [0.1, 0.15) is 11.6 Å². The van der Waals surface area contributed by atoms with Crippen molar-refractivity contribution >= 4 is 0 Å². The van der Waals surface area contributed by atoms with E-state index in [9.17, 15) is 8.78 Å². The molecule has 0 heterocycles. The van der Waals surface area contributed by atoms with Gasteiger partial charge in [0.25, 0.3) is 0 Å². The molecule has 0 spiro atoms. The van der Waals surface area contributed by atoms with E-state index in [-0.39, 0.29) is 5.56 Å². The Bertz CT molecular complexity index is 962. The molecule has 0 fully saturated rings. The van der Waals surface area contributed by atoms with Crippen LogP contribution < -0.4 is 0 Å². The van der Waals surface area contributed by atoms with Crippen molar-refractivity contribution in [2.24, 2.45) is 0 Å². The summed E-state index contributed by atoms with van der Waals surface area (Å²) in [6, 6.07) is 18.9. The van der Waals surface area contributed by atoms with Gasteiger partial charge in [-0.3, -0.25) is 0 Å². The molecule has 0 saturated heterocycles. The SMILES string of the molecule is CCc1cc(F)c(C#Cc2ccc(-c3ccc(C(C)C)cc3)cc2)c(F)c1. The van der Waals surface area contributed by atoms with Crippen molar-refractivity contribution in [2.45, 2.75) is 33.1 Å². The van der Waals surface area contributed by atoms with E-state index >= 15 is 0 Å². The molecule has 0 saturated carbocycles. The van der Waals surface area contributed by atoms with Gasteiger partial charge in [0.2, 0.25) is 0 Å². The molecule has 0 aliphatic carbocycles. The minimum absolute atomic E-state index is 0.180. The normalized spacial score (nSPS) is 10.6. The van der Waals surface area contributed by atoms with E-state index in [1.165, 1.54) is 17.7 Å². The number of benzene rings is 3. The summed E-state index contributed by atoms with van der Waals surface area (Å²) in [4.78, 5) is 0. The maximum Gasteiger partial charge on any atom is 0.142 e. The van der Waals surface area contributed by atoms with Crippen LogP contribution in [-0.4, -0.2) is 0 Å². The zero-order valence-corrected chi connectivity index (χ0v) is 15.8. The van der Waals surface area contributed by atoms with E-state index in [4.69, 9.17) is 0 Å². The zero-order chi connectivity index (χ0) is 19.4. The highest BCUT2D eigenvalue weighted by atomic mass is 19.1. The van der Waals surface area contributed by atoms with Crippen LogP contribution >= 0.6 is 0 Å². The zero-order valence-electron chi connectivity index (χ0n) is 15.8. The molecule has 0 aliphatic heterocycles. The van der Waals surface area contributed by atoms with Gasteiger partial charge in [0.15, 0.2) is 0 Å². The second kappa shape index (κ2) is 8.18. The molecule has 0 atom stereocenters. The Morgan fingerprint density at radius 3 is 1.78 bits per heavy atom. The van der Waals surface area contributed by atoms with Crippen LogP contribution in [0.25, 0.3) is 11.1 Å². The van der Waals surface area contributed by atoms with Crippen molar-refractivity contribution in [3.8, 4) is 23.0 Å². The van der Waals surface area contributed by atoms with Gasteiger partial charge in [-0.15, -0.1) is 0 Å². The van der Waals surface area contributed by atoms with Gasteiger partial charge in [0, 0.05) is 5.56 Å². The van der Waals surface area contributed by atoms with Crippen LogP contribution in [0.1, 0.15) is 48.9 Å². The number of hydrogen-bond acceptors (Lipinski definition) is 0. The predicted molar refractivity (Wildman–Crippen MR) is 108 cm³/mol. The smallest absolute Gasteiger partial charge is 0.142 e. The molecule has 0 aliphatic rings. The van der Waals surface area contributed by atoms with Crippen molar-refractivity contribution in [1.29, 1.82) is 0 Å². The Hall–Kier alpha value is -2.92. The monoisotopic (exact) mass is 360 g/mol. The Balaban J connectivity index is 1.82. The molecule has 0 N–H and O–H groups in total. The predicted octanol–water partition coefficient (Wildman–Crippen LogP) is 6.72. The van der Waals surface area contributed by atoms with Crippen LogP contribution in [0.5, 0.6) is 0 Å². The van der Waals surface area contributed by atoms with Crippen LogP contribution in [0.4, 0.5) is 8.78 Å². The second-order valence-electron chi connectivity index (χ2n) is 6.89. The first-order valence-corrected chi connectivity index (χ1v) is 9.18. The second-order valence-corrected chi connectivity index (χ2v) is 6.89. The Morgan fingerprint density at radius 2 is 1.30 bits per heavy atom. The number of aryl methyl sites for hydroxylation is 1. The highest BCUT2D eigenvalue weighted by molar-refractivity contribution is 5.65. The molecule has 3 aromatic rings. The van der Waals surface area contributed by atoms with Gasteiger partial charge in [-0.1, -0.05) is 69.0 Å². The Morgan fingerprint density at radius 1 is 0.778 bits per heavy atom. The first-order chi connectivity index (χ1) is 13.0. The molecule has 3 aromatic carbocycles. The van der Waals surface area contributed by atoms with Crippen LogP contribution in [-0.2, 0) is 6.42 Å². The average Bonchev–Trinajstić information content (AvgIpc) is 2.67. The summed E-state index contributed by atoms with van der Waals surface area (Å²) in [6.07, 6.45) is 0.584. The lowest BCUT2D eigenvalue weighted by Gasteiger charge is -2.07. The van der Waals surface area contributed by atoms with Gasteiger partial charge in [0.05, 0.1) is 5.56 Å². The fourth-order valence-corrected chi connectivity index (χ4v) is 2.89. The molecular formula is C25H22F2. The fraction of sp³-hybridized carbons (Fsp3) is 0.200. The molecule has 0 aromatic heterocycles. The summed E-state index contributed by atoms with van der Waals surface area (Å²) in [5.74, 6) is 4.76. The number of hydrogen-bond donors (Lipinski definition) is 0. The highest BCUT2D eigenvalue weighted by Gasteiger charge is 2.08. The van der Waals surface area contributed by atoms with E-state index in [2.05, 4.69) is 50.0 Å². The molecule has 0 unspecified atom stereocenters. The molecule has 0 amide bonds. The fourth-order valence-electron chi connectivity index (χ4n) is 2.89. The Kier molecular flexibility index (Phi) is 5.72. The van der Waals surface area contributed by atoms with E-state index in [1.807, 2.05) is 31.2 Å². The molecule has 27 heavy (non-hydrogen) atoms. The summed E-state index contributed by atoms with van der Waals surface area (Å²) in [6.45, 7) is 6.20. The minimum atomic E-state index is -0.610. The molecule has 0 bridgehead atoms. The molecule has 136 valence electrons. The van der Waals surface area contributed by atoms with Gasteiger partial charge in [-0.05, 0) is 58.9 Å². The van der Waals surface area contributed by atoms with Crippen molar-refractivity contribution in [1.82, 2.24) is 0 Å². The van der Waals surface area contributed by atoms with Gasteiger partial charge >= 0.3 is 0 Å². The van der Waals surface area contributed by atoms with Crippen molar-refractivity contribution in [3.05, 3.63) is 94.6 Å². The van der Waals surface area contributed by atoms with Crippen LogP contribution in [0, 0.1) is 23.5 Å². The highest BCUT2D eigenvalue weighted by Crippen LogP contribution is 2.23. The van der Waals surface area contributed by atoms with Gasteiger partial charge < -0.3 is 0 Å². The first-order valence-electron chi connectivity index (χ1n) is 9.18. The summed E-state index contributed by atoms with van der Waals surface area (Å²) in [5, 5.41) is 0.